The Labute approximate surface area is 130 Å². The summed E-state index contributed by atoms with van der Waals surface area (Å²) in [6.45, 7) is 0.705. The van der Waals surface area contributed by atoms with Crippen molar-refractivity contribution < 1.29 is 9.53 Å². The molecule has 1 aromatic carbocycles. The first-order chi connectivity index (χ1) is 10.6. The number of benzene rings is 1. The highest BCUT2D eigenvalue weighted by molar-refractivity contribution is 5.92. The molecule has 0 bridgehead atoms. The lowest BCUT2D eigenvalue weighted by molar-refractivity contribution is -0.140. The van der Waals surface area contributed by atoms with Crippen molar-refractivity contribution in [1.29, 1.82) is 5.41 Å². The molecule has 5 nitrogen and oxygen atoms in total. The molecule has 1 saturated carbocycles. The van der Waals surface area contributed by atoms with E-state index in [1.54, 1.807) is 18.2 Å². The van der Waals surface area contributed by atoms with Crippen LogP contribution < -0.4 is 16.2 Å². The molecule has 2 rings (SSSR count). The summed E-state index contributed by atoms with van der Waals surface area (Å²) in [4.78, 5) is 12.2. The number of hydrogen-bond donors (Lipinski definition) is 3. The molecule has 0 aromatic heterocycles. The van der Waals surface area contributed by atoms with Crippen molar-refractivity contribution in [2.24, 2.45) is 23.3 Å². The molecule has 1 fully saturated rings. The summed E-state index contributed by atoms with van der Waals surface area (Å²) >= 11 is 0. The van der Waals surface area contributed by atoms with E-state index >= 15 is 0 Å². The highest BCUT2D eigenvalue weighted by atomic mass is 16.5. The van der Waals surface area contributed by atoms with Crippen LogP contribution in [0.1, 0.15) is 31.2 Å². The number of amidine groups is 1. The fourth-order valence-corrected chi connectivity index (χ4v) is 2.67. The summed E-state index contributed by atoms with van der Waals surface area (Å²) in [6, 6.07) is 7.16. The Morgan fingerprint density at radius 1 is 1.23 bits per heavy atom. The minimum atomic E-state index is -0.150. The van der Waals surface area contributed by atoms with Crippen LogP contribution in [0.5, 0.6) is 5.75 Å². The smallest absolute Gasteiger partial charge is 0.314 e. The quantitative estimate of drug-likeness (QED) is 0.336. The number of esters is 1. The molecule has 0 saturated heterocycles. The van der Waals surface area contributed by atoms with E-state index in [0.717, 1.165) is 31.2 Å². The molecule has 1 aromatic rings. The van der Waals surface area contributed by atoms with E-state index in [1.165, 1.54) is 6.08 Å². The molecule has 0 aliphatic heterocycles. The highest BCUT2D eigenvalue weighted by Gasteiger charge is 2.27. The van der Waals surface area contributed by atoms with E-state index in [-0.39, 0.29) is 17.7 Å². The third-order valence-electron chi connectivity index (χ3n) is 4.07. The molecular weight excluding hydrogens is 278 g/mol. The normalized spacial score (nSPS) is 21.7. The van der Waals surface area contributed by atoms with E-state index in [1.807, 2.05) is 12.1 Å². The molecule has 0 amide bonds. The zero-order valence-electron chi connectivity index (χ0n) is 12.6. The number of hydrogen-bond acceptors (Lipinski definition) is 4. The van der Waals surface area contributed by atoms with Crippen LogP contribution in [0.3, 0.4) is 0 Å². The first kappa shape index (κ1) is 16.2. The van der Waals surface area contributed by atoms with Gasteiger partial charge in [0.2, 0.25) is 0 Å². The van der Waals surface area contributed by atoms with Crippen molar-refractivity contribution in [2.75, 3.05) is 6.54 Å². The Morgan fingerprint density at radius 2 is 1.86 bits per heavy atom. The largest absolute Gasteiger partial charge is 0.426 e. The van der Waals surface area contributed by atoms with Crippen molar-refractivity contribution in [3.8, 4) is 5.75 Å². The van der Waals surface area contributed by atoms with E-state index < -0.39 is 0 Å². The highest BCUT2D eigenvalue weighted by Crippen LogP contribution is 2.29. The van der Waals surface area contributed by atoms with Crippen LogP contribution in [0.2, 0.25) is 0 Å². The minimum Gasteiger partial charge on any atom is -0.426 e. The summed E-state index contributed by atoms with van der Waals surface area (Å²) in [5.41, 5.74) is 11.8. The topological polar surface area (TPSA) is 102 Å². The Balaban J connectivity index is 1.88. The molecule has 0 radical (unpaired) electrons. The van der Waals surface area contributed by atoms with Crippen LogP contribution in [-0.2, 0) is 4.79 Å². The molecule has 5 heteroatoms. The Kier molecular flexibility index (Phi) is 5.72. The lowest BCUT2D eigenvalue weighted by Gasteiger charge is -2.26. The van der Waals surface area contributed by atoms with Gasteiger partial charge in [-0.2, -0.15) is 0 Å². The van der Waals surface area contributed by atoms with Crippen LogP contribution in [0, 0.1) is 17.2 Å². The molecular formula is C17H23N3O2. The molecule has 0 unspecified atom stereocenters. The molecule has 0 spiro atoms. The molecule has 118 valence electrons. The SMILES string of the molecule is N=C(N)C=Cc1ccc(OC(=O)C2CCC(CN)CC2)cc1. The summed E-state index contributed by atoms with van der Waals surface area (Å²) in [7, 11) is 0. The average molecular weight is 301 g/mol. The molecule has 5 N–H and O–H groups in total. The standard InChI is InChI=1S/C17H23N3O2/c18-11-13-1-6-14(7-2-13)17(21)22-15-8-3-12(4-9-15)5-10-16(19)20/h3-5,8-10,13-14H,1-2,6-7,11,18H2,(H3,19,20). The van der Waals surface area contributed by atoms with Gasteiger partial charge in [-0.15, -0.1) is 0 Å². The number of rotatable bonds is 5. The summed E-state index contributed by atoms with van der Waals surface area (Å²) in [6.07, 6.45) is 6.98. The molecule has 1 aliphatic carbocycles. The van der Waals surface area contributed by atoms with E-state index in [2.05, 4.69) is 0 Å². The van der Waals surface area contributed by atoms with E-state index in [0.29, 0.717) is 18.2 Å². The summed E-state index contributed by atoms with van der Waals surface area (Å²) in [5.74, 6) is 0.938. The second kappa shape index (κ2) is 7.75. The van der Waals surface area contributed by atoms with Crippen LogP contribution in [0.4, 0.5) is 0 Å². The molecule has 22 heavy (non-hydrogen) atoms. The van der Waals surface area contributed by atoms with Gasteiger partial charge in [-0.1, -0.05) is 18.2 Å². The van der Waals surface area contributed by atoms with Gasteiger partial charge in [0.1, 0.15) is 11.6 Å². The summed E-state index contributed by atoms with van der Waals surface area (Å²) < 4.78 is 5.44. The van der Waals surface area contributed by atoms with Gasteiger partial charge in [0, 0.05) is 0 Å². The van der Waals surface area contributed by atoms with Gasteiger partial charge in [-0.05, 0) is 61.9 Å². The molecule has 1 aliphatic rings. The third kappa shape index (κ3) is 4.70. The van der Waals surface area contributed by atoms with Gasteiger partial charge in [-0.3, -0.25) is 10.2 Å². The van der Waals surface area contributed by atoms with Crippen LogP contribution in [-0.4, -0.2) is 18.3 Å². The Bertz CT molecular complexity index is 544. The van der Waals surface area contributed by atoms with Gasteiger partial charge in [0.25, 0.3) is 0 Å². The van der Waals surface area contributed by atoms with Crippen molar-refractivity contribution in [2.45, 2.75) is 25.7 Å². The maximum atomic E-state index is 12.2. The van der Waals surface area contributed by atoms with E-state index in [4.69, 9.17) is 21.6 Å². The maximum Gasteiger partial charge on any atom is 0.314 e. The predicted octanol–water partition coefficient (Wildman–Crippen LogP) is 2.31. The monoisotopic (exact) mass is 301 g/mol. The number of ether oxygens (including phenoxy) is 1. The van der Waals surface area contributed by atoms with Crippen molar-refractivity contribution in [3.05, 3.63) is 35.9 Å². The average Bonchev–Trinajstić information content (AvgIpc) is 2.54. The second-order valence-corrected chi connectivity index (χ2v) is 5.73. The third-order valence-corrected chi connectivity index (χ3v) is 4.07. The lowest BCUT2D eigenvalue weighted by Crippen LogP contribution is -2.28. The van der Waals surface area contributed by atoms with Crippen LogP contribution in [0.15, 0.2) is 30.3 Å². The fraction of sp³-hybridized carbons (Fsp3) is 0.412. The zero-order valence-corrected chi connectivity index (χ0v) is 12.6. The predicted molar refractivity (Wildman–Crippen MR) is 87.5 cm³/mol. The first-order valence-electron chi connectivity index (χ1n) is 7.62. The first-order valence-corrected chi connectivity index (χ1v) is 7.62. The zero-order chi connectivity index (χ0) is 15.9. The van der Waals surface area contributed by atoms with Crippen molar-refractivity contribution in [1.82, 2.24) is 0 Å². The van der Waals surface area contributed by atoms with Crippen molar-refractivity contribution >= 4 is 17.9 Å². The van der Waals surface area contributed by atoms with Gasteiger partial charge in [-0.25, -0.2) is 0 Å². The number of nitrogens with one attached hydrogen (secondary N) is 1. The van der Waals surface area contributed by atoms with E-state index in [9.17, 15) is 4.79 Å². The Morgan fingerprint density at radius 3 is 2.41 bits per heavy atom. The van der Waals surface area contributed by atoms with Gasteiger partial charge < -0.3 is 16.2 Å². The Hall–Kier alpha value is -2.14. The maximum absolute atomic E-state index is 12.2. The minimum absolute atomic E-state index is 0.00332. The summed E-state index contributed by atoms with van der Waals surface area (Å²) in [5, 5.41) is 7.13. The van der Waals surface area contributed by atoms with Gasteiger partial charge in [0.15, 0.2) is 0 Å². The second-order valence-electron chi connectivity index (χ2n) is 5.73. The number of nitrogens with two attached hydrogens (primary N) is 2. The van der Waals surface area contributed by atoms with Gasteiger partial charge >= 0.3 is 5.97 Å². The molecule has 0 atom stereocenters. The lowest BCUT2D eigenvalue weighted by atomic mass is 9.82. The number of carbonyl (C=O) groups excluding carboxylic acids is 1. The fourth-order valence-electron chi connectivity index (χ4n) is 2.67. The van der Waals surface area contributed by atoms with Crippen LogP contribution >= 0.6 is 0 Å². The number of carbonyl (C=O) groups is 1. The van der Waals surface area contributed by atoms with Crippen molar-refractivity contribution in [3.63, 3.8) is 0 Å². The van der Waals surface area contributed by atoms with Crippen LogP contribution in [0.25, 0.3) is 6.08 Å². The van der Waals surface area contributed by atoms with Gasteiger partial charge in [0.05, 0.1) is 5.92 Å². The molecule has 0 heterocycles.